The average molecular weight is 182 g/mol. The first-order valence-electron chi connectivity index (χ1n) is 5.92. The first-order chi connectivity index (χ1) is 6.37. The lowest BCUT2D eigenvalue weighted by Gasteiger charge is -2.41. The number of ether oxygens (including phenoxy) is 1. The van der Waals surface area contributed by atoms with Gasteiger partial charge in [-0.3, -0.25) is 0 Å². The molecule has 0 amide bonds. The molecule has 1 nitrogen and oxygen atoms in total. The summed E-state index contributed by atoms with van der Waals surface area (Å²) < 4.78 is 5.86. The van der Waals surface area contributed by atoms with Crippen LogP contribution in [-0.4, -0.2) is 12.7 Å². The minimum atomic E-state index is 0.300. The second-order valence-corrected chi connectivity index (χ2v) is 4.81. The second kappa shape index (κ2) is 4.00. The Bertz CT molecular complexity index is 153. The van der Waals surface area contributed by atoms with Crippen LogP contribution in [0.5, 0.6) is 0 Å². The van der Waals surface area contributed by atoms with Gasteiger partial charge in [-0.1, -0.05) is 32.1 Å². The summed E-state index contributed by atoms with van der Waals surface area (Å²) in [6, 6.07) is 0. The molecule has 1 heteroatoms. The molecule has 0 aromatic carbocycles. The van der Waals surface area contributed by atoms with E-state index < -0.39 is 0 Å². The molecule has 2 fully saturated rings. The van der Waals surface area contributed by atoms with Crippen LogP contribution in [0.25, 0.3) is 0 Å². The van der Waals surface area contributed by atoms with E-state index in [2.05, 4.69) is 0 Å². The van der Waals surface area contributed by atoms with Gasteiger partial charge in [-0.05, 0) is 31.6 Å². The molecule has 0 aromatic heterocycles. The third-order valence-electron chi connectivity index (χ3n) is 4.21. The molecule has 0 atom stereocenters. The summed E-state index contributed by atoms with van der Waals surface area (Å²) in [5, 5.41) is 0. The summed E-state index contributed by atoms with van der Waals surface area (Å²) >= 11 is 0. The van der Waals surface area contributed by atoms with Crippen LogP contribution >= 0.6 is 0 Å². The Kier molecular flexibility index (Phi) is 2.92. The van der Waals surface area contributed by atoms with Gasteiger partial charge < -0.3 is 4.74 Å². The molecule has 0 aromatic rings. The molecule has 0 spiro atoms. The maximum atomic E-state index is 5.86. The zero-order valence-corrected chi connectivity index (χ0v) is 8.85. The lowest BCUT2D eigenvalue weighted by atomic mass is 9.74. The van der Waals surface area contributed by atoms with Crippen molar-refractivity contribution in [1.82, 2.24) is 0 Å². The van der Waals surface area contributed by atoms with Crippen LogP contribution in [0.1, 0.15) is 57.8 Å². The number of hydrogen-bond acceptors (Lipinski definition) is 1. The van der Waals surface area contributed by atoms with Crippen LogP contribution in [0, 0.1) is 5.92 Å². The van der Waals surface area contributed by atoms with E-state index in [-0.39, 0.29) is 0 Å². The number of rotatable bonds is 2. The van der Waals surface area contributed by atoms with Gasteiger partial charge in [0.25, 0.3) is 0 Å². The summed E-state index contributed by atoms with van der Waals surface area (Å²) in [4.78, 5) is 0. The molecule has 0 unspecified atom stereocenters. The number of methoxy groups -OCH3 is 1. The molecular formula is C12H22O. The van der Waals surface area contributed by atoms with Crippen LogP contribution < -0.4 is 0 Å². The highest BCUT2D eigenvalue weighted by molar-refractivity contribution is 4.92. The molecular weight excluding hydrogens is 160 g/mol. The predicted octanol–water partition coefficient (Wildman–Crippen LogP) is 3.53. The Labute approximate surface area is 81.9 Å². The quantitative estimate of drug-likeness (QED) is 0.635. The molecule has 76 valence electrons. The van der Waals surface area contributed by atoms with Gasteiger partial charge in [-0.2, -0.15) is 0 Å². The summed E-state index contributed by atoms with van der Waals surface area (Å²) in [7, 11) is 1.93. The first kappa shape index (κ1) is 9.51. The van der Waals surface area contributed by atoms with E-state index in [1.54, 1.807) is 0 Å². The van der Waals surface area contributed by atoms with Gasteiger partial charge in [-0.15, -0.1) is 0 Å². The zero-order valence-electron chi connectivity index (χ0n) is 8.85. The molecule has 0 saturated heterocycles. The van der Waals surface area contributed by atoms with Crippen molar-refractivity contribution in [3.8, 4) is 0 Å². The molecule has 0 aliphatic heterocycles. The number of hydrogen-bond donors (Lipinski definition) is 0. The van der Waals surface area contributed by atoms with E-state index in [1.165, 1.54) is 57.8 Å². The summed E-state index contributed by atoms with van der Waals surface area (Å²) in [6.07, 6.45) is 12.6. The standard InChI is InChI=1S/C12H22O/c1-13-12(9-5-2-6-10-12)11-7-3-4-8-11/h11H,2-10H2,1H3. The zero-order chi connectivity index (χ0) is 9.15. The van der Waals surface area contributed by atoms with Crippen molar-refractivity contribution in [2.75, 3.05) is 7.11 Å². The van der Waals surface area contributed by atoms with E-state index in [0.29, 0.717) is 5.60 Å². The van der Waals surface area contributed by atoms with Crippen molar-refractivity contribution >= 4 is 0 Å². The fourth-order valence-electron chi connectivity index (χ4n) is 3.38. The van der Waals surface area contributed by atoms with Gasteiger partial charge in [0.2, 0.25) is 0 Å². The Morgan fingerprint density at radius 3 is 2.08 bits per heavy atom. The monoisotopic (exact) mass is 182 g/mol. The molecule has 0 N–H and O–H groups in total. The molecule has 2 aliphatic rings. The van der Waals surface area contributed by atoms with E-state index in [0.717, 1.165) is 5.92 Å². The topological polar surface area (TPSA) is 9.23 Å². The summed E-state index contributed by atoms with van der Waals surface area (Å²) in [5.74, 6) is 0.887. The maximum Gasteiger partial charge on any atom is 0.0706 e. The largest absolute Gasteiger partial charge is 0.378 e. The molecule has 0 heterocycles. The highest BCUT2D eigenvalue weighted by atomic mass is 16.5. The van der Waals surface area contributed by atoms with Crippen LogP contribution in [0.2, 0.25) is 0 Å². The van der Waals surface area contributed by atoms with Crippen molar-refractivity contribution < 1.29 is 4.74 Å². The Morgan fingerprint density at radius 1 is 0.923 bits per heavy atom. The lowest BCUT2D eigenvalue weighted by molar-refractivity contribution is -0.0823. The highest BCUT2D eigenvalue weighted by Crippen LogP contribution is 2.44. The van der Waals surface area contributed by atoms with Crippen LogP contribution in [0.4, 0.5) is 0 Å². The van der Waals surface area contributed by atoms with Crippen molar-refractivity contribution in [2.24, 2.45) is 5.92 Å². The average Bonchev–Trinajstić information content (AvgIpc) is 2.72. The first-order valence-corrected chi connectivity index (χ1v) is 5.92. The predicted molar refractivity (Wildman–Crippen MR) is 54.8 cm³/mol. The van der Waals surface area contributed by atoms with E-state index in [1.807, 2.05) is 7.11 Å². The smallest absolute Gasteiger partial charge is 0.0706 e. The molecule has 2 rings (SSSR count). The molecule has 2 aliphatic carbocycles. The van der Waals surface area contributed by atoms with Gasteiger partial charge in [0.05, 0.1) is 5.60 Å². The van der Waals surface area contributed by atoms with Crippen molar-refractivity contribution in [2.45, 2.75) is 63.4 Å². The molecule has 0 bridgehead atoms. The lowest BCUT2D eigenvalue weighted by Crippen LogP contribution is -2.40. The fourth-order valence-corrected chi connectivity index (χ4v) is 3.38. The van der Waals surface area contributed by atoms with E-state index in [9.17, 15) is 0 Å². The van der Waals surface area contributed by atoms with Gasteiger partial charge in [0.1, 0.15) is 0 Å². The van der Waals surface area contributed by atoms with Crippen LogP contribution in [-0.2, 0) is 4.74 Å². The summed E-state index contributed by atoms with van der Waals surface area (Å²) in [6.45, 7) is 0. The Balaban J connectivity index is 2.03. The van der Waals surface area contributed by atoms with Crippen molar-refractivity contribution in [3.63, 3.8) is 0 Å². The molecule has 2 saturated carbocycles. The van der Waals surface area contributed by atoms with Gasteiger partial charge in [-0.25, -0.2) is 0 Å². The fraction of sp³-hybridized carbons (Fsp3) is 1.00. The Hall–Kier alpha value is -0.0400. The molecule has 0 radical (unpaired) electrons. The van der Waals surface area contributed by atoms with E-state index in [4.69, 9.17) is 4.74 Å². The highest BCUT2D eigenvalue weighted by Gasteiger charge is 2.40. The minimum Gasteiger partial charge on any atom is -0.378 e. The Morgan fingerprint density at radius 2 is 1.54 bits per heavy atom. The van der Waals surface area contributed by atoms with Gasteiger partial charge >= 0.3 is 0 Å². The second-order valence-electron chi connectivity index (χ2n) is 4.81. The third-order valence-corrected chi connectivity index (χ3v) is 4.21. The van der Waals surface area contributed by atoms with Gasteiger partial charge in [0, 0.05) is 7.11 Å². The normalized spacial score (nSPS) is 29.3. The van der Waals surface area contributed by atoms with E-state index >= 15 is 0 Å². The maximum absolute atomic E-state index is 5.86. The van der Waals surface area contributed by atoms with Gasteiger partial charge in [0.15, 0.2) is 0 Å². The van der Waals surface area contributed by atoms with Crippen molar-refractivity contribution in [3.05, 3.63) is 0 Å². The SMILES string of the molecule is COC1(C2CCCC2)CCCCC1. The van der Waals surface area contributed by atoms with Crippen LogP contribution in [0.3, 0.4) is 0 Å². The summed E-state index contributed by atoms with van der Waals surface area (Å²) in [5.41, 5.74) is 0.300. The minimum absolute atomic E-state index is 0.300. The molecule has 13 heavy (non-hydrogen) atoms. The van der Waals surface area contributed by atoms with Crippen molar-refractivity contribution in [1.29, 1.82) is 0 Å². The third kappa shape index (κ3) is 1.76. The van der Waals surface area contributed by atoms with Crippen LogP contribution in [0.15, 0.2) is 0 Å².